The van der Waals surface area contributed by atoms with Crippen molar-refractivity contribution in [1.82, 2.24) is 15.3 Å². The molecule has 0 unspecified atom stereocenters. The molecule has 0 spiro atoms. The fourth-order valence-corrected chi connectivity index (χ4v) is 2.68. The molecular formula is C15H22ClN3O. The fourth-order valence-electron chi connectivity index (χ4n) is 2.50. The van der Waals surface area contributed by atoms with Crippen LogP contribution in [-0.4, -0.2) is 22.4 Å². The van der Waals surface area contributed by atoms with Crippen LogP contribution in [-0.2, 0) is 0 Å². The Kier molecular flexibility index (Phi) is 4.63. The third kappa shape index (κ3) is 3.11. The van der Waals surface area contributed by atoms with Gasteiger partial charge in [0, 0.05) is 12.5 Å². The minimum absolute atomic E-state index is 0.174. The smallest absolute Gasteiger partial charge is 0.271 e. The summed E-state index contributed by atoms with van der Waals surface area (Å²) in [6.07, 6.45) is 6.26. The lowest BCUT2D eigenvalue weighted by Crippen LogP contribution is -2.42. The highest BCUT2D eigenvalue weighted by Crippen LogP contribution is 2.43. The number of hydrogen-bond donors (Lipinski definition) is 1. The van der Waals surface area contributed by atoms with E-state index in [0.29, 0.717) is 17.4 Å². The van der Waals surface area contributed by atoms with Crippen LogP contribution in [0.3, 0.4) is 0 Å². The number of aromatic nitrogens is 2. The predicted molar refractivity (Wildman–Crippen MR) is 80.0 cm³/mol. The summed E-state index contributed by atoms with van der Waals surface area (Å²) in [6.45, 7) is 6.87. The molecule has 1 aliphatic carbocycles. The number of rotatable bonds is 5. The molecule has 0 bridgehead atoms. The predicted octanol–water partition coefficient (Wildman–Crippen LogP) is 3.56. The van der Waals surface area contributed by atoms with Gasteiger partial charge in [0.2, 0.25) is 0 Å². The quantitative estimate of drug-likeness (QED) is 0.903. The summed E-state index contributed by atoms with van der Waals surface area (Å²) in [7, 11) is 0. The molecule has 0 radical (unpaired) electrons. The van der Waals surface area contributed by atoms with Crippen molar-refractivity contribution in [3.05, 3.63) is 22.7 Å². The summed E-state index contributed by atoms with van der Waals surface area (Å²) in [5.74, 6) is 0.625. The van der Waals surface area contributed by atoms with E-state index in [4.69, 9.17) is 11.6 Å². The molecule has 1 amide bonds. The van der Waals surface area contributed by atoms with Gasteiger partial charge in [-0.3, -0.25) is 4.79 Å². The maximum atomic E-state index is 12.3. The highest BCUT2D eigenvalue weighted by Gasteiger charge is 2.35. The van der Waals surface area contributed by atoms with Gasteiger partial charge >= 0.3 is 0 Å². The van der Waals surface area contributed by atoms with E-state index >= 15 is 0 Å². The Bertz CT molecular complexity index is 492. The zero-order chi connectivity index (χ0) is 14.8. The molecular weight excluding hydrogens is 274 g/mol. The van der Waals surface area contributed by atoms with Gasteiger partial charge < -0.3 is 5.32 Å². The second-order valence-electron chi connectivity index (χ2n) is 5.97. The van der Waals surface area contributed by atoms with E-state index < -0.39 is 0 Å². The van der Waals surface area contributed by atoms with E-state index in [1.54, 1.807) is 0 Å². The van der Waals surface area contributed by atoms with Gasteiger partial charge in [-0.15, -0.1) is 0 Å². The number of nitrogens with zero attached hydrogens (tertiary/aromatic N) is 2. The minimum Gasteiger partial charge on any atom is -0.350 e. The molecule has 4 nitrogen and oxygen atoms in total. The first kappa shape index (κ1) is 15.2. The van der Waals surface area contributed by atoms with Crippen molar-refractivity contribution in [2.75, 3.05) is 6.54 Å². The third-order valence-electron chi connectivity index (χ3n) is 4.28. The van der Waals surface area contributed by atoms with E-state index in [0.717, 1.165) is 6.42 Å². The first-order chi connectivity index (χ1) is 9.47. The molecule has 0 atom stereocenters. The largest absolute Gasteiger partial charge is 0.350 e. The van der Waals surface area contributed by atoms with Gasteiger partial charge in [0.05, 0.1) is 11.2 Å². The summed E-state index contributed by atoms with van der Waals surface area (Å²) in [5, 5.41) is 3.30. The van der Waals surface area contributed by atoms with Crippen LogP contribution >= 0.6 is 11.6 Å². The van der Waals surface area contributed by atoms with Gasteiger partial charge in [-0.05, 0) is 24.7 Å². The molecule has 1 N–H and O–H groups in total. The summed E-state index contributed by atoms with van der Waals surface area (Å²) >= 11 is 6.04. The Morgan fingerprint density at radius 1 is 1.50 bits per heavy atom. The normalized spacial score (nSPS) is 16.9. The van der Waals surface area contributed by atoms with Crippen molar-refractivity contribution in [2.24, 2.45) is 5.41 Å². The van der Waals surface area contributed by atoms with Crippen LogP contribution in [0, 0.1) is 5.41 Å². The second-order valence-corrected chi connectivity index (χ2v) is 6.38. The van der Waals surface area contributed by atoms with Crippen LogP contribution < -0.4 is 5.32 Å². The molecule has 1 saturated carbocycles. The topological polar surface area (TPSA) is 54.9 Å². The van der Waals surface area contributed by atoms with Crippen molar-refractivity contribution >= 4 is 17.5 Å². The van der Waals surface area contributed by atoms with Crippen LogP contribution in [0.25, 0.3) is 0 Å². The number of nitrogens with one attached hydrogen (secondary N) is 1. The van der Waals surface area contributed by atoms with Crippen molar-refractivity contribution in [3.63, 3.8) is 0 Å². The molecule has 1 aliphatic rings. The minimum atomic E-state index is -0.195. The summed E-state index contributed by atoms with van der Waals surface area (Å²) in [4.78, 5) is 20.7. The van der Waals surface area contributed by atoms with E-state index in [1.807, 2.05) is 13.8 Å². The van der Waals surface area contributed by atoms with Gasteiger partial charge in [-0.2, -0.15) is 0 Å². The Balaban J connectivity index is 2.07. The Labute approximate surface area is 125 Å². The summed E-state index contributed by atoms with van der Waals surface area (Å²) < 4.78 is 0. The molecule has 1 aromatic rings. The van der Waals surface area contributed by atoms with Crippen LogP contribution in [0.4, 0.5) is 0 Å². The Morgan fingerprint density at radius 2 is 2.20 bits per heavy atom. The lowest BCUT2D eigenvalue weighted by molar-refractivity contribution is 0.0845. The van der Waals surface area contributed by atoms with Crippen molar-refractivity contribution in [3.8, 4) is 0 Å². The third-order valence-corrected chi connectivity index (χ3v) is 4.56. The molecule has 20 heavy (non-hydrogen) atoms. The van der Waals surface area contributed by atoms with Crippen molar-refractivity contribution in [2.45, 2.75) is 52.4 Å². The van der Waals surface area contributed by atoms with Gasteiger partial charge in [-0.1, -0.05) is 38.8 Å². The lowest BCUT2D eigenvalue weighted by Gasteiger charge is -2.41. The summed E-state index contributed by atoms with van der Waals surface area (Å²) in [5.41, 5.74) is 0.576. The number of carbonyl (C=O) groups excluding carboxylic acids is 1. The van der Waals surface area contributed by atoms with E-state index in [-0.39, 0.29) is 22.9 Å². The highest BCUT2D eigenvalue weighted by atomic mass is 35.5. The van der Waals surface area contributed by atoms with Gasteiger partial charge in [-0.25, -0.2) is 9.97 Å². The van der Waals surface area contributed by atoms with Crippen LogP contribution in [0.1, 0.15) is 68.7 Å². The molecule has 1 heterocycles. The highest BCUT2D eigenvalue weighted by molar-refractivity contribution is 6.33. The standard InChI is InChI=1S/C15H22ClN3O/c1-4-15(6-5-7-15)9-18-14(20)12-11(16)8-17-13(19-12)10(2)3/h8,10H,4-7,9H2,1-3H3,(H,18,20). The van der Waals surface area contributed by atoms with Crippen molar-refractivity contribution < 1.29 is 4.79 Å². The summed E-state index contributed by atoms with van der Waals surface area (Å²) in [6, 6.07) is 0. The van der Waals surface area contributed by atoms with Crippen LogP contribution in [0.2, 0.25) is 5.02 Å². The SMILES string of the molecule is CCC1(CNC(=O)c2nc(C(C)C)ncc2Cl)CCC1. The monoisotopic (exact) mass is 295 g/mol. The first-order valence-electron chi connectivity index (χ1n) is 7.28. The van der Waals surface area contributed by atoms with Crippen LogP contribution in [0.5, 0.6) is 0 Å². The molecule has 2 rings (SSSR count). The van der Waals surface area contributed by atoms with Crippen molar-refractivity contribution in [1.29, 1.82) is 0 Å². The van der Waals surface area contributed by atoms with Gasteiger partial charge in [0.1, 0.15) is 11.5 Å². The van der Waals surface area contributed by atoms with Gasteiger partial charge in [0.15, 0.2) is 0 Å². The van der Waals surface area contributed by atoms with E-state index in [1.165, 1.54) is 25.5 Å². The maximum absolute atomic E-state index is 12.3. The molecule has 110 valence electrons. The fraction of sp³-hybridized carbons (Fsp3) is 0.667. The Hall–Kier alpha value is -1.16. The second kappa shape index (κ2) is 6.08. The molecule has 1 aromatic heterocycles. The molecule has 5 heteroatoms. The number of halogens is 1. The number of carbonyl (C=O) groups is 1. The van der Waals surface area contributed by atoms with E-state index in [2.05, 4.69) is 22.2 Å². The van der Waals surface area contributed by atoms with Gasteiger partial charge in [0.25, 0.3) is 5.91 Å². The number of amides is 1. The maximum Gasteiger partial charge on any atom is 0.271 e. The Morgan fingerprint density at radius 3 is 2.70 bits per heavy atom. The zero-order valence-corrected chi connectivity index (χ0v) is 13.1. The molecule has 0 saturated heterocycles. The van der Waals surface area contributed by atoms with Crippen LogP contribution in [0.15, 0.2) is 6.20 Å². The molecule has 0 aromatic carbocycles. The lowest BCUT2D eigenvalue weighted by atomic mass is 9.67. The molecule has 1 fully saturated rings. The number of hydrogen-bond acceptors (Lipinski definition) is 3. The molecule has 0 aliphatic heterocycles. The first-order valence-corrected chi connectivity index (χ1v) is 7.66. The average molecular weight is 296 g/mol. The van der Waals surface area contributed by atoms with E-state index in [9.17, 15) is 4.79 Å². The zero-order valence-electron chi connectivity index (χ0n) is 12.4. The average Bonchev–Trinajstić information content (AvgIpc) is 2.38.